The zero-order valence-corrected chi connectivity index (χ0v) is 32.4. The Labute approximate surface area is 307 Å². The number of benzene rings is 1. The van der Waals surface area contributed by atoms with Crippen LogP contribution in [0.15, 0.2) is 35.9 Å². The molecule has 3 N–H and O–H groups in total. The van der Waals surface area contributed by atoms with Crippen molar-refractivity contribution in [3.8, 4) is 0 Å². The third-order valence-corrected chi connectivity index (χ3v) is 10.9. The lowest BCUT2D eigenvalue weighted by Crippen LogP contribution is -2.56. The molecule has 13 heteroatoms. The van der Waals surface area contributed by atoms with Crippen LogP contribution in [0.25, 0.3) is 0 Å². The summed E-state index contributed by atoms with van der Waals surface area (Å²) in [7, 11) is 6.27. The second kappa shape index (κ2) is 17.5. The normalized spacial score (nSPS) is 29.7. The van der Waals surface area contributed by atoms with E-state index in [1.165, 1.54) is 30.9 Å². The molecule has 0 aromatic heterocycles. The molecule has 12 nitrogen and oxygen atoms in total. The Morgan fingerprint density at radius 3 is 2.53 bits per heavy atom. The smallest absolute Gasteiger partial charge is 0.328 e. The number of carbonyl (C=O) groups excluding carboxylic acids is 4. The third kappa shape index (κ3) is 9.98. The van der Waals surface area contributed by atoms with Gasteiger partial charge in [0.25, 0.3) is 0 Å². The molecule has 1 fully saturated rings. The van der Waals surface area contributed by atoms with Crippen molar-refractivity contribution in [1.29, 1.82) is 0 Å². The van der Waals surface area contributed by atoms with Crippen molar-refractivity contribution in [2.24, 2.45) is 11.3 Å². The number of ether oxygens (including phenoxy) is 3. The molecule has 3 rings (SSSR count). The maximum atomic E-state index is 14.1. The molecule has 2 amide bonds. The molecule has 0 aliphatic carbocycles. The van der Waals surface area contributed by atoms with Crippen LogP contribution in [0, 0.1) is 18.3 Å². The van der Waals surface area contributed by atoms with Crippen molar-refractivity contribution in [3.05, 3.63) is 52.1 Å². The molecule has 0 spiro atoms. The SMILES string of the molecule is CNCCC(=O)N(C)[C@@H](C)C(=O)O[C@H]1CC(=O)N(C)c2cc(cc(C)c2Cl)C/C(C)=C/C=C/[C@@H](OC)[C@]2(O)CC(=O)O[C@@H](C2)[C@@H](C)[C@H](O)C1(C)C. The summed E-state index contributed by atoms with van der Waals surface area (Å²) in [6.45, 7) is 10.8. The van der Waals surface area contributed by atoms with Gasteiger partial charge in [-0.3, -0.25) is 14.4 Å². The lowest BCUT2D eigenvalue weighted by molar-refractivity contribution is -0.197. The Bertz CT molecular complexity index is 1510. The number of aliphatic hydroxyl groups excluding tert-OH is 1. The standard InChI is InChI=1S/C38H56ClN3O9/c1-22-12-11-13-29(49-10)38(48)20-28(50-33(45)21-38)24(3)35(46)37(5,6)30(51-36(47)25(4)41(8)31(43)14-15-40-7)19-32(44)42(9)27-18-26(16-22)17-23(2)34(27)39/h11-13,17-18,24-25,28-30,35,40,46,48H,14-16,19-21H2,1-10H3/b13-11+,22-12+/t24-,25+,28+,29-,30+,35+,38-/m1/s1. The highest BCUT2D eigenvalue weighted by molar-refractivity contribution is 6.34. The number of aliphatic hydroxyl groups is 2. The van der Waals surface area contributed by atoms with Crippen LogP contribution in [-0.2, 0) is 39.8 Å². The minimum atomic E-state index is -1.64. The van der Waals surface area contributed by atoms with Crippen LogP contribution in [0.5, 0.6) is 0 Å². The number of amides is 2. The van der Waals surface area contributed by atoms with Crippen LogP contribution in [0.3, 0.4) is 0 Å². The van der Waals surface area contributed by atoms with E-state index in [0.29, 0.717) is 23.7 Å². The van der Waals surface area contributed by atoms with E-state index in [2.05, 4.69) is 5.32 Å². The van der Waals surface area contributed by atoms with Crippen LogP contribution < -0.4 is 10.2 Å². The fraction of sp³-hybridized carbons (Fsp3) is 0.632. The van der Waals surface area contributed by atoms with Gasteiger partial charge in [0.2, 0.25) is 11.8 Å². The average molecular weight is 734 g/mol. The molecule has 1 aromatic carbocycles. The van der Waals surface area contributed by atoms with Gasteiger partial charge in [-0.25, -0.2) is 4.79 Å². The number of fused-ring (bicyclic) bond motifs is 4. The van der Waals surface area contributed by atoms with Crippen LogP contribution in [0.2, 0.25) is 5.02 Å². The highest BCUT2D eigenvalue weighted by atomic mass is 35.5. The molecule has 2 heterocycles. The Kier molecular flexibility index (Phi) is 14.4. The first-order valence-corrected chi connectivity index (χ1v) is 17.8. The number of nitrogens with zero attached hydrogens (tertiary/aromatic N) is 2. The molecule has 1 aromatic rings. The number of halogens is 1. The molecule has 51 heavy (non-hydrogen) atoms. The predicted molar refractivity (Wildman–Crippen MR) is 195 cm³/mol. The van der Waals surface area contributed by atoms with Crippen molar-refractivity contribution in [2.45, 2.75) is 110 Å². The van der Waals surface area contributed by atoms with Crippen LogP contribution in [0.4, 0.5) is 5.69 Å². The predicted octanol–water partition coefficient (Wildman–Crippen LogP) is 3.90. The molecule has 0 radical (unpaired) electrons. The number of likely N-dealkylation sites (N-methyl/N-ethyl adjacent to an activating group) is 1. The number of allylic oxidation sites excluding steroid dienone is 3. The molecule has 0 unspecified atom stereocenters. The molecule has 4 bridgehead atoms. The number of anilines is 1. The lowest BCUT2D eigenvalue weighted by Gasteiger charge is -2.46. The number of esters is 2. The van der Waals surface area contributed by atoms with Crippen LogP contribution >= 0.6 is 11.6 Å². The van der Waals surface area contributed by atoms with Crippen molar-refractivity contribution >= 4 is 41.0 Å². The fourth-order valence-electron chi connectivity index (χ4n) is 6.76. The summed E-state index contributed by atoms with van der Waals surface area (Å²) in [4.78, 5) is 56.2. The number of aryl methyl sites for hydroxylation is 1. The van der Waals surface area contributed by atoms with Gasteiger partial charge in [-0.05, 0) is 51.4 Å². The van der Waals surface area contributed by atoms with Gasteiger partial charge in [-0.15, -0.1) is 0 Å². The molecular formula is C38H56ClN3O9. The van der Waals surface area contributed by atoms with Gasteiger partial charge in [-0.1, -0.05) is 62.2 Å². The average Bonchev–Trinajstić information content (AvgIpc) is 3.07. The van der Waals surface area contributed by atoms with Gasteiger partial charge in [-0.2, -0.15) is 0 Å². The van der Waals surface area contributed by atoms with E-state index in [-0.39, 0.29) is 31.6 Å². The summed E-state index contributed by atoms with van der Waals surface area (Å²) in [5.74, 6) is -2.89. The summed E-state index contributed by atoms with van der Waals surface area (Å²) in [6.07, 6.45) is 1.05. The van der Waals surface area contributed by atoms with E-state index in [9.17, 15) is 29.4 Å². The summed E-state index contributed by atoms with van der Waals surface area (Å²) in [6, 6.07) is 2.79. The van der Waals surface area contributed by atoms with Crippen LogP contribution in [0.1, 0.15) is 71.4 Å². The van der Waals surface area contributed by atoms with E-state index in [1.54, 1.807) is 47.0 Å². The highest BCUT2D eigenvalue weighted by Crippen LogP contribution is 2.41. The van der Waals surface area contributed by atoms with E-state index in [4.69, 9.17) is 25.8 Å². The molecular weight excluding hydrogens is 678 g/mol. The van der Waals surface area contributed by atoms with E-state index in [0.717, 1.165) is 16.7 Å². The van der Waals surface area contributed by atoms with Crippen molar-refractivity contribution in [3.63, 3.8) is 0 Å². The fourth-order valence-corrected chi connectivity index (χ4v) is 7.00. The first kappa shape index (κ1) is 42.1. The zero-order valence-electron chi connectivity index (χ0n) is 31.6. The van der Waals surface area contributed by atoms with Gasteiger partial charge in [0.15, 0.2) is 0 Å². The summed E-state index contributed by atoms with van der Waals surface area (Å²) in [5.41, 5.74) is 0.167. The zero-order chi connectivity index (χ0) is 38.4. The summed E-state index contributed by atoms with van der Waals surface area (Å²) in [5, 5.41) is 27.1. The number of nitrogens with one attached hydrogen (secondary N) is 1. The van der Waals surface area contributed by atoms with Crippen molar-refractivity contribution in [2.75, 3.05) is 39.7 Å². The Balaban J connectivity index is 2.14. The molecule has 284 valence electrons. The first-order valence-electron chi connectivity index (χ1n) is 17.4. The number of methoxy groups -OCH3 is 1. The Morgan fingerprint density at radius 1 is 1.24 bits per heavy atom. The minimum absolute atomic E-state index is 0.0368. The molecule has 1 saturated heterocycles. The first-order chi connectivity index (χ1) is 23.8. The molecule has 2 aliphatic rings. The van der Waals surface area contributed by atoms with E-state index < -0.39 is 65.2 Å². The quantitative estimate of drug-likeness (QED) is 0.352. The number of hydrogen-bond acceptors (Lipinski definition) is 10. The van der Waals surface area contributed by atoms with Crippen molar-refractivity contribution in [1.82, 2.24) is 10.2 Å². The monoisotopic (exact) mass is 733 g/mol. The summed E-state index contributed by atoms with van der Waals surface area (Å²) >= 11 is 6.76. The van der Waals surface area contributed by atoms with E-state index in [1.807, 2.05) is 32.1 Å². The van der Waals surface area contributed by atoms with Crippen molar-refractivity contribution < 1.29 is 43.6 Å². The maximum absolute atomic E-state index is 14.1. The largest absolute Gasteiger partial charge is 0.462 e. The maximum Gasteiger partial charge on any atom is 0.328 e. The van der Waals surface area contributed by atoms with E-state index >= 15 is 0 Å². The molecule has 0 saturated carbocycles. The molecule has 2 aliphatic heterocycles. The second-order valence-corrected chi connectivity index (χ2v) is 15.1. The van der Waals surface area contributed by atoms with Gasteiger partial charge < -0.3 is 39.5 Å². The molecule has 7 atom stereocenters. The number of hydrogen-bond donors (Lipinski definition) is 3. The Morgan fingerprint density at radius 2 is 1.90 bits per heavy atom. The Hall–Kier alpha value is -3.29. The van der Waals surface area contributed by atoms with Gasteiger partial charge in [0, 0.05) is 51.9 Å². The third-order valence-electron chi connectivity index (χ3n) is 10.5. The van der Waals surface area contributed by atoms with Gasteiger partial charge >= 0.3 is 11.9 Å². The van der Waals surface area contributed by atoms with Gasteiger partial charge in [0.1, 0.15) is 30.0 Å². The second-order valence-electron chi connectivity index (χ2n) is 14.7. The van der Waals surface area contributed by atoms with Gasteiger partial charge in [0.05, 0.1) is 29.7 Å². The summed E-state index contributed by atoms with van der Waals surface area (Å²) < 4.78 is 17.4. The lowest BCUT2D eigenvalue weighted by atomic mass is 9.70. The topological polar surface area (TPSA) is 155 Å². The number of rotatable bonds is 7. The van der Waals surface area contributed by atoms with Crippen LogP contribution in [-0.4, -0.2) is 110 Å². The number of carbonyl (C=O) groups is 4. The minimum Gasteiger partial charge on any atom is -0.462 e. The highest BCUT2D eigenvalue weighted by Gasteiger charge is 2.51.